The van der Waals surface area contributed by atoms with Gasteiger partial charge in [-0.3, -0.25) is 9.88 Å². The first-order chi connectivity index (χ1) is 17.7. The summed E-state index contributed by atoms with van der Waals surface area (Å²) in [5.74, 6) is -0.307. The molecule has 3 heterocycles. The van der Waals surface area contributed by atoms with Crippen LogP contribution in [0.15, 0.2) is 66.9 Å². The van der Waals surface area contributed by atoms with Crippen LogP contribution in [-0.2, 0) is 4.74 Å². The lowest BCUT2D eigenvalue weighted by Crippen LogP contribution is -2.43. The van der Waals surface area contributed by atoms with Crippen LogP contribution in [0.25, 0.3) is 33.4 Å². The molecule has 4 aromatic rings. The highest BCUT2D eigenvalue weighted by molar-refractivity contribution is 5.88. The monoisotopic (exact) mass is 509 g/mol. The maximum atomic E-state index is 12.4. The predicted octanol–water partition coefficient (Wildman–Crippen LogP) is 6.22. The average molecular weight is 509 g/mol. The van der Waals surface area contributed by atoms with E-state index >= 15 is 0 Å². The summed E-state index contributed by atoms with van der Waals surface area (Å²) in [4.78, 5) is 22.7. The molecule has 2 aromatic heterocycles. The maximum absolute atomic E-state index is 12.4. The van der Waals surface area contributed by atoms with E-state index in [9.17, 15) is 23.1 Å². The van der Waals surface area contributed by atoms with Crippen molar-refractivity contribution in [2.45, 2.75) is 19.3 Å². The van der Waals surface area contributed by atoms with Crippen LogP contribution in [0.1, 0.15) is 17.2 Å². The second kappa shape index (κ2) is 9.70. The number of para-hydroxylation sites is 1. The summed E-state index contributed by atoms with van der Waals surface area (Å²) >= 11 is 0. The Hall–Kier alpha value is -4.18. The van der Waals surface area contributed by atoms with Gasteiger partial charge in [0.05, 0.1) is 36.2 Å². The molecular formula is C27H22F3N3O4. The number of rotatable bonds is 4. The minimum Gasteiger partial charge on any atom is -0.465 e. The lowest BCUT2D eigenvalue weighted by atomic mass is 9.92. The second-order valence-electron chi connectivity index (χ2n) is 8.59. The summed E-state index contributed by atoms with van der Waals surface area (Å²) in [7, 11) is 0. The van der Waals surface area contributed by atoms with Crippen molar-refractivity contribution >= 4 is 17.0 Å². The van der Waals surface area contributed by atoms with Gasteiger partial charge in [0.2, 0.25) is 0 Å². The highest BCUT2D eigenvalue weighted by Gasteiger charge is 2.32. The number of amides is 1. The van der Waals surface area contributed by atoms with Crippen molar-refractivity contribution < 1.29 is 32.5 Å². The summed E-state index contributed by atoms with van der Waals surface area (Å²) in [6, 6.07) is 16.2. The number of ether oxygens (including phenoxy) is 2. The fourth-order valence-corrected chi connectivity index (χ4v) is 4.65. The Morgan fingerprint density at radius 1 is 1.08 bits per heavy atom. The van der Waals surface area contributed by atoms with Gasteiger partial charge in [0.15, 0.2) is 0 Å². The average Bonchev–Trinajstić information content (AvgIpc) is 2.88. The number of alkyl halides is 3. The molecule has 2 aromatic carbocycles. The Kier molecular flexibility index (Phi) is 6.43. The van der Waals surface area contributed by atoms with Crippen LogP contribution in [0.2, 0.25) is 0 Å². The molecule has 1 aliphatic heterocycles. The maximum Gasteiger partial charge on any atom is 0.573 e. The number of morpholine rings is 1. The van der Waals surface area contributed by atoms with E-state index in [1.807, 2.05) is 37.3 Å². The molecule has 190 valence electrons. The number of halogens is 3. The summed E-state index contributed by atoms with van der Waals surface area (Å²) in [6.45, 7) is 2.76. The van der Waals surface area contributed by atoms with Crippen molar-refractivity contribution in [1.82, 2.24) is 14.9 Å². The molecule has 0 saturated carbocycles. The van der Waals surface area contributed by atoms with Crippen molar-refractivity contribution in [3.63, 3.8) is 0 Å². The second-order valence-corrected chi connectivity index (χ2v) is 8.59. The van der Waals surface area contributed by atoms with Gasteiger partial charge in [-0.25, -0.2) is 9.78 Å². The third kappa shape index (κ3) is 5.05. The van der Waals surface area contributed by atoms with Crippen molar-refractivity contribution in [2.75, 3.05) is 19.8 Å². The van der Waals surface area contributed by atoms with Gasteiger partial charge in [-0.1, -0.05) is 18.2 Å². The van der Waals surface area contributed by atoms with E-state index in [0.717, 1.165) is 27.6 Å². The predicted molar refractivity (Wildman–Crippen MR) is 130 cm³/mol. The molecule has 1 N–H and O–H groups in total. The fourth-order valence-electron chi connectivity index (χ4n) is 4.65. The number of carboxylic acid groups (broad SMARTS) is 1. The zero-order chi connectivity index (χ0) is 26.2. The van der Waals surface area contributed by atoms with Crippen LogP contribution in [0.4, 0.5) is 18.0 Å². The summed E-state index contributed by atoms with van der Waals surface area (Å²) < 4.78 is 46.9. The molecule has 0 aliphatic carbocycles. The lowest BCUT2D eigenvalue weighted by molar-refractivity contribution is -0.274. The molecule has 1 atom stereocenters. The standard InChI is InChI=1S/C27H22F3N3O4/c1-16-24(23-15-36-13-12-33(23)26(34)35)20-4-2-3-5-22(20)32-25(16)18-8-11-21(31-14-18)17-6-9-19(10-7-17)37-27(28,29)30/h2-11,14,23H,12-13,15H2,1H3,(H,34,35). The van der Waals surface area contributed by atoms with Crippen molar-refractivity contribution in [3.05, 3.63) is 78.0 Å². The van der Waals surface area contributed by atoms with Gasteiger partial charge >= 0.3 is 12.5 Å². The summed E-state index contributed by atoms with van der Waals surface area (Å²) in [6.07, 6.45) is -4.11. The largest absolute Gasteiger partial charge is 0.573 e. The molecule has 0 bridgehead atoms. The fraction of sp³-hybridized carbons (Fsp3) is 0.222. The van der Waals surface area contributed by atoms with Gasteiger partial charge in [-0.15, -0.1) is 13.2 Å². The van der Waals surface area contributed by atoms with Gasteiger partial charge in [0.1, 0.15) is 5.75 Å². The molecule has 37 heavy (non-hydrogen) atoms. The van der Waals surface area contributed by atoms with E-state index in [2.05, 4.69) is 9.72 Å². The molecule has 1 unspecified atom stereocenters. The lowest BCUT2D eigenvalue weighted by Gasteiger charge is -2.35. The van der Waals surface area contributed by atoms with E-state index in [0.29, 0.717) is 23.6 Å². The van der Waals surface area contributed by atoms with Crippen LogP contribution < -0.4 is 4.74 Å². The molecule has 0 spiro atoms. The Labute approximate surface area is 210 Å². The molecule has 1 aliphatic rings. The summed E-state index contributed by atoms with van der Waals surface area (Å²) in [5, 5.41) is 10.7. The number of carbonyl (C=O) groups is 1. The van der Waals surface area contributed by atoms with Crippen LogP contribution in [-0.4, -0.2) is 52.2 Å². The van der Waals surface area contributed by atoms with Gasteiger partial charge in [0.25, 0.3) is 0 Å². The number of aromatic nitrogens is 2. The van der Waals surface area contributed by atoms with Crippen LogP contribution in [0.5, 0.6) is 5.75 Å². The minimum atomic E-state index is -4.75. The Morgan fingerprint density at radius 3 is 2.49 bits per heavy atom. The molecular weight excluding hydrogens is 487 g/mol. The molecule has 5 rings (SSSR count). The van der Waals surface area contributed by atoms with Crippen LogP contribution in [0, 0.1) is 6.92 Å². The molecule has 7 nitrogen and oxygen atoms in total. The normalized spacial score (nSPS) is 16.1. The molecule has 1 amide bonds. The molecule has 1 saturated heterocycles. The van der Waals surface area contributed by atoms with E-state index < -0.39 is 18.5 Å². The number of benzene rings is 2. The highest BCUT2D eigenvalue weighted by atomic mass is 19.4. The van der Waals surface area contributed by atoms with E-state index in [-0.39, 0.29) is 18.9 Å². The molecule has 10 heteroatoms. The first-order valence-electron chi connectivity index (χ1n) is 11.5. The first kappa shape index (κ1) is 24.5. The number of pyridine rings is 2. The van der Waals surface area contributed by atoms with E-state index in [4.69, 9.17) is 9.72 Å². The van der Waals surface area contributed by atoms with Crippen molar-refractivity contribution in [2.24, 2.45) is 0 Å². The quantitative estimate of drug-likeness (QED) is 0.352. The van der Waals surface area contributed by atoms with Crippen molar-refractivity contribution in [1.29, 1.82) is 0 Å². The third-order valence-corrected chi connectivity index (χ3v) is 6.31. The van der Waals surface area contributed by atoms with Gasteiger partial charge < -0.3 is 14.6 Å². The third-order valence-electron chi connectivity index (χ3n) is 6.31. The highest BCUT2D eigenvalue weighted by Crippen LogP contribution is 2.37. The first-order valence-corrected chi connectivity index (χ1v) is 11.5. The van der Waals surface area contributed by atoms with Crippen molar-refractivity contribution in [3.8, 4) is 28.3 Å². The molecule has 1 fully saturated rings. The topological polar surface area (TPSA) is 84.8 Å². The van der Waals surface area contributed by atoms with Crippen LogP contribution in [0.3, 0.4) is 0 Å². The van der Waals surface area contributed by atoms with Gasteiger partial charge in [0, 0.05) is 29.3 Å². The molecule has 0 radical (unpaired) electrons. The Balaban J connectivity index is 1.53. The Morgan fingerprint density at radius 2 is 1.81 bits per heavy atom. The zero-order valence-electron chi connectivity index (χ0n) is 19.7. The van der Waals surface area contributed by atoms with E-state index in [1.165, 1.54) is 29.2 Å². The number of fused-ring (bicyclic) bond motifs is 1. The Bertz CT molecular complexity index is 1440. The minimum absolute atomic E-state index is 0.242. The van der Waals surface area contributed by atoms with Crippen LogP contribution >= 0.6 is 0 Å². The smallest absolute Gasteiger partial charge is 0.465 e. The zero-order valence-corrected chi connectivity index (χ0v) is 19.7. The van der Waals surface area contributed by atoms with E-state index in [1.54, 1.807) is 12.3 Å². The number of nitrogens with zero attached hydrogens (tertiary/aromatic N) is 3. The number of hydrogen-bond acceptors (Lipinski definition) is 5. The SMILES string of the molecule is Cc1c(-c2ccc(-c3ccc(OC(F)(F)F)cc3)nc2)nc2ccccc2c1C1COCCN1C(=O)O. The summed E-state index contributed by atoms with van der Waals surface area (Å²) in [5.41, 5.74) is 4.97. The van der Waals surface area contributed by atoms with Gasteiger partial charge in [-0.2, -0.15) is 0 Å². The number of hydrogen-bond donors (Lipinski definition) is 1. The van der Waals surface area contributed by atoms with Gasteiger partial charge in [-0.05, 0) is 60.5 Å².